The zero-order chi connectivity index (χ0) is 10.7. The molecule has 0 bridgehead atoms. The van der Waals surface area contributed by atoms with Crippen molar-refractivity contribution in [2.75, 3.05) is 6.61 Å². The van der Waals surface area contributed by atoms with E-state index in [1.54, 1.807) is 0 Å². The van der Waals surface area contributed by atoms with Gasteiger partial charge in [-0.25, -0.2) is 0 Å². The van der Waals surface area contributed by atoms with Crippen LogP contribution in [0.15, 0.2) is 0 Å². The van der Waals surface area contributed by atoms with Gasteiger partial charge in [-0.05, 0) is 19.3 Å². The fraction of sp³-hybridized carbons (Fsp3) is 0.667. The van der Waals surface area contributed by atoms with Crippen LogP contribution in [-0.4, -0.2) is 27.9 Å². The maximum atomic E-state index is 10.5. The van der Waals surface area contributed by atoms with Crippen LogP contribution < -0.4 is 0 Å². The first-order valence-electron chi connectivity index (χ1n) is 4.91. The predicted octanol–water partition coefficient (Wildman–Crippen LogP) is 1.41. The molecular weight excluding hydrogens is 216 g/mol. The van der Waals surface area contributed by atoms with Gasteiger partial charge in [0.15, 0.2) is 0 Å². The van der Waals surface area contributed by atoms with Crippen LogP contribution in [0.5, 0.6) is 0 Å². The van der Waals surface area contributed by atoms with Crippen LogP contribution in [0.3, 0.4) is 0 Å². The highest BCUT2D eigenvalue weighted by molar-refractivity contribution is 7.11. The maximum Gasteiger partial charge on any atom is 0.310 e. The average Bonchev–Trinajstić information content (AvgIpc) is 2.67. The Morgan fingerprint density at radius 1 is 1.53 bits per heavy atom. The van der Waals surface area contributed by atoms with E-state index >= 15 is 0 Å². The molecule has 0 amide bonds. The highest BCUT2D eigenvalue weighted by atomic mass is 32.1. The summed E-state index contributed by atoms with van der Waals surface area (Å²) in [6, 6.07) is 0. The van der Waals surface area contributed by atoms with E-state index in [0.717, 1.165) is 30.9 Å². The Bertz CT molecular complexity index is 347. The summed E-state index contributed by atoms with van der Waals surface area (Å²) in [6.45, 7) is 0.762. The maximum absolute atomic E-state index is 10.5. The Labute approximate surface area is 91.1 Å². The van der Waals surface area contributed by atoms with Gasteiger partial charge in [-0.15, -0.1) is 10.2 Å². The third kappa shape index (κ3) is 2.73. The number of rotatable bonds is 3. The molecule has 1 N–H and O–H groups in total. The molecule has 5 nitrogen and oxygen atoms in total. The van der Waals surface area contributed by atoms with Gasteiger partial charge in [-0.2, -0.15) is 0 Å². The van der Waals surface area contributed by atoms with Gasteiger partial charge in [-0.1, -0.05) is 11.3 Å². The van der Waals surface area contributed by atoms with E-state index in [-0.39, 0.29) is 12.5 Å². The second-order valence-electron chi connectivity index (χ2n) is 3.46. The fourth-order valence-corrected chi connectivity index (χ4v) is 2.45. The SMILES string of the molecule is O=C(O)Cc1nnc(C2CCCCO2)s1. The Hall–Kier alpha value is -1.01. The van der Waals surface area contributed by atoms with Crippen LogP contribution >= 0.6 is 11.3 Å². The number of hydrogen-bond donors (Lipinski definition) is 1. The second-order valence-corrected chi connectivity index (χ2v) is 4.55. The lowest BCUT2D eigenvalue weighted by Gasteiger charge is -2.19. The zero-order valence-corrected chi connectivity index (χ0v) is 9.00. The number of aromatic nitrogens is 2. The molecule has 0 aliphatic carbocycles. The van der Waals surface area contributed by atoms with Gasteiger partial charge in [0, 0.05) is 6.61 Å². The van der Waals surface area contributed by atoms with Crippen molar-refractivity contribution in [1.29, 1.82) is 0 Å². The summed E-state index contributed by atoms with van der Waals surface area (Å²) in [5.41, 5.74) is 0. The number of carbonyl (C=O) groups is 1. The number of carboxylic acids is 1. The monoisotopic (exact) mass is 228 g/mol. The Morgan fingerprint density at radius 3 is 3.07 bits per heavy atom. The molecule has 1 aliphatic heterocycles. The lowest BCUT2D eigenvalue weighted by molar-refractivity contribution is -0.136. The molecule has 6 heteroatoms. The van der Waals surface area contributed by atoms with Crippen molar-refractivity contribution in [3.8, 4) is 0 Å². The molecular formula is C9H12N2O3S. The van der Waals surface area contributed by atoms with E-state index in [1.807, 2.05) is 0 Å². The normalized spacial score (nSPS) is 21.5. The minimum absolute atomic E-state index is 0.0267. The molecule has 0 aromatic carbocycles. The number of nitrogens with zero attached hydrogens (tertiary/aromatic N) is 2. The van der Waals surface area contributed by atoms with Crippen molar-refractivity contribution >= 4 is 17.3 Å². The van der Waals surface area contributed by atoms with Crippen molar-refractivity contribution in [3.63, 3.8) is 0 Å². The molecule has 0 radical (unpaired) electrons. The molecule has 2 rings (SSSR count). The van der Waals surface area contributed by atoms with Gasteiger partial charge < -0.3 is 9.84 Å². The van der Waals surface area contributed by atoms with E-state index < -0.39 is 5.97 Å². The Kier molecular flexibility index (Phi) is 3.27. The van der Waals surface area contributed by atoms with Crippen LogP contribution in [-0.2, 0) is 16.0 Å². The summed E-state index contributed by atoms with van der Waals surface area (Å²) in [7, 11) is 0. The molecule has 2 heterocycles. The molecule has 15 heavy (non-hydrogen) atoms. The van der Waals surface area contributed by atoms with Gasteiger partial charge in [0.25, 0.3) is 0 Å². The Morgan fingerprint density at radius 2 is 2.40 bits per heavy atom. The summed E-state index contributed by atoms with van der Waals surface area (Å²) in [5.74, 6) is -0.873. The number of aliphatic carboxylic acids is 1. The lowest BCUT2D eigenvalue weighted by Crippen LogP contribution is -2.11. The summed E-state index contributed by atoms with van der Waals surface area (Å²) in [4.78, 5) is 10.5. The first-order chi connectivity index (χ1) is 7.25. The smallest absolute Gasteiger partial charge is 0.310 e. The first-order valence-corrected chi connectivity index (χ1v) is 5.73. The van der Waals surface area contributed by atoms with E-state index in [4.69, 9.17) is 9.84 Å². The number of carboxylic acid groups (broad SMARTS) is 1. The highest BCUT2D eigenvalue weighted by Crippen LogP contribution is 2.29. The van der Waals surface area contributed by atoms with Crippen molar-refractivity contribution in [2.45, 2.75) is 31.8 Å². The number of hydrogen-bond acceptors (Lipinski definition) is 5. The topological polar surface area (TPSA) is 72.3 Å². The quantitative estimate of drug-likeness (QED) is 0.846. The van der Waals surface area contributed by atoms with Gasteiger partial charge in [0.05, 0.1) is 6.42 Å². The van der Waals surface area contributed by atoms with Gasteiger partial charge >= 0.3 is 5.97 Å². The zero-order valence-electron chi connectivity index (χ0n) is 8.18. The first kappa shape index (κ1) is 10.5. The van der Waals surface area contributed by atoms with Crippen LogP contribution in [0.1, 0.15) is 35.4 Å². The van der Waals surface area contributed by atoms with E-state index in [0.29, 0.717) is 5.01 Å². The van der Waals surface area contributed by atoms with Crippen LogP contribution in [0.25, 0.3) is 0 Å². The van der Waals surface area contributed by atoms with Crippen molar-refractivity contribution in [2.24, 2.45) is 0 Å². The molecule has 0 spiro atoms. The largest absolute Gasteiger partial charge is 0.481 e. The summed E-state index contributed by atoms with van der Waals surface area (Å²) in [5, 5.41) is 17.8. The third-order valence-corrected chi connectivity index (χ3v) is 3.26. The van der Waals surface area contributed by atoms with Gasteiger partial charge in [-0.3, -0.25) is 4.79 Å². The summed E-state index contributed by atoms with van der Waals surface area (Å²) in [6.07, 6.45) is 3.17. The molecule has 1 atom stereocenters. The molecule has 1 aromatic heterocycles. The fourth-order valence-electron chi connectivity index (χ4n) is 1.53. The summed E-state index contributed by atoms with van der Waals surface area (Å²) < 4.78 is 5.54. The standard InChI is InChI=1S/C9H12N2O3S/c12-8(13)5-7-10-11-9(15-7)6-3-1-2-4-14-6/h6H,1-5H2,(H,12,13). The van der Waals surface area contributed by atoms with Crippen LogP contribution in [0.2, 0.25) is 0 Å². The molecule has 1 aromatic rings. The molecule has 0 saturated carbocycles. The molecule has 1 saturated heterocycles. The Balaban J connectivity index is 2.02. The van der Waals surface area contributed by atoms with Crippen molar-refractivity contribution in [1.82, 2.24) is 10.2 Å². The third-order valence-electron chi connectivity index (χ3n) is 2.24. The van der Waals surface area contributed by atoms with Crippen molar-refractivity contribution < 1.29 is 14.6 Å². The van der Waals surface area contributed by atoms with Gasteiger partial charge in [0.2, 0.25) is 0 Å². The second kappa shape index (κ2) is 4.67. The minimum atomic E-state index is -0.873. The lowest BCUT2D eigenvalue weighted by atomic mass is 10.1. The van der Waals surface area contributed by atoms with Crippen LogP contribution in [0, 0.1) is 0 Å². The predicted molar refractivity (Wildman–Crippen MR) is 53.8 cm³/mol. The molecule has 1 unspecified atom stereocenters. The molecule has 1 aliphatic rings. The van der Waals surface area contributed by atoms with Crippen molar-refractivity contribution in [3.05, 3.63) is 10.0 Å². The molecule has 82 valence electrons. The minimum Gasteiger partial charge on any atom is -0.481 e. The van der Waals surface area contributed by atoms with E-state index in [2.05, 4.69) is 10.2 Å². The van der Waals surface area contributed by atoms with E-state index in [1.165, 1.54) is 11.3 Å². The highest BCUT2D eigenvalue weighted by Gasteiger charge is 2.20. The number of ether oxygens (including phenoxy) is 1. The summed E-state index contributed by atoms with van der Waals surface area (Å²) >= 11 is 1.34. The molecule has 1 fully saturated rings. The van der Waals surface area contributed by atoms with Crippen LogP contribution in [0.4, 0.5) is 0 Å². The average molecular weight is 228 g/mol. The van der Waals surface area contributed by atoms with E-state index in [9.17, 15) is 4.79 Å². The van der Waals surface area contributed by atoms with Gasteiger partial charge in [0.1, 0.15) is 16.1 Å².